The Hall–Kier alpha value is -3.41. The molecule has 1 heterocycles. The summed E-state index contributed by atoms with van der Waals surface area (Å²) in [5.74, 6) is -1.04. The number of aromatic amines is 1. The Kier molecular flexibility index (Phi) is 4.81. The Morgan fingerprint density at radius 2 is 1.52 bits per heavy atom. The second-order valence-electron chi connectivity index (χ2n) is 7.33. The number of fused-ring (bicyclic) bond motifs is 1. The molecule has 0 atom stereocenters. The van der Waals surface area contributed by atoms with Crippen molar-refractivity contribution in [3.05, 3.63) is 81.8 Å². The molecule has 3 N–H and O–H groups in total. The number of pyridine rings is 1. The molecule has 0 radical (unpaired) electrons. The maximum absolute atomic E-state index is 12.3. The van der Waals surface area contributed by atoms with E-state index in [0.717, 1.165) is 5.56 Å². The summed E-state index contributed by atoms with van der Waals surface area (Å²) in [4.78, 5) is 39.1. The topological polar surface area (TPSA) is 91.1 Å². The highest BCUT2D eigenvalue weighted by Gasteiger charge is 2.15. The van der Waals surface area contributed by atoms with Gasteiger partial charge < -0.3 is 4.98 Å². The molecule has 138 valence electrons. The van der Waals surface area contributed by atoms with Crippen molar-refractivity contribution in [2.24, 2.45) is 0 Å². The molecule has 6 nitrogen and oxygen atoms in total. The summed E-state index contributed by atoms with van der Waals surface area (Å²) in [7, 11) is 0. The lowest BCUT2D eigenvalue weighted by molar-refractivity contribution is 0.0844. The van der Waals surface area contributed by atoms with Gasteiger partial charge in [0.2, 0.25) is 0 Å². The maximum Gasteiger partial charge on any atom is 0.286 e. The number of carbonyl (C=O) groups excluding carboxylic acids is 2. The number of amides is 2. The molecule has 0 bridgehead atoms. The summed E-state index contributed by atoms with van der Waals surface area (Å²) >= 11 is 0. The van der Waals surface area contributed by atoms with Crippen molar-refractivity contribution in [2.75, 3.05) is 0 Å². The number of benzene rings is 2. The second kappa shape index (κ2) is 7.07. The van der Waals surface area contributed by atoms with E-state index in [2.05, 4.69) is 36.6 Å². The van der Waals surface area contributed by atoms with Crippen LogP contribution in [0.3, 0.4) is 0 Å². The monoisotopic (exact) mass is 363 g/mol. The fourth-order valence-corrected chi connectivity index (χ4v) is 2.71. The fourth-order valence-electron chi connectivity index (χ4n) is 2.71. The van der Waals surface area contributed by atoms with Crippen LogP contribution in [0, 0.1) is 0 Å². The zero-order chi connectivity index (χ0) is 19.6. The second-order valence-corrected chi connectivity index (χ2v) is 7.33. The van der Waals surface area contributed by atoms with Crippen molar-refractivity contribution in [1.29, 1.82) is 0 Å². The maximum atomic E-state index is 12.3. The van der Waals surface area contributed by atoms with Crippen LogP contribution >= 0.6 is 0 Å². The van der Waals surface area contributed by atoms with E-state index in [1.54, 1.807) is 42.5 Å². The van der Waals surface area contributed by atoms with E-state index in [-0.39, 0.29) is 16.7 Å². The number of aromatic nitrogens is 1. The number of hydrogen-bond acceptors (Lipinski definition) is 3. The zero-order valence-electron chi connectivity index (χ0n) is 15.4. The molecular formula is C21H21N3O3. The quantitative estimate of drug-likeness (QED) is 0.612. The molecule has 3 aromatic rings. The highest BCUT2D eigenvalue weighted by molar-refractivity contribution is 5.99. The Bertz CT molecular complexity index is 1060. The van der Waals surface area contributed by atoms with Gasteiger partial charge in [0.1, 0.15) is 5.69 Å². The lowest BCUT2D eigenvalue weighted by Gasteiger charge is -2.19. The van der Waals surface area contributed by atoms with Gasteiger partial charge in [-0.05, 0) is 40.6 Å². The van der Waals surface area contributed by atoms with E-state index in [0.29, 0.717) is 16.3 Å². The average Bonchev–Trinajstić information content (AvgIpc) is 2.65. The highest BCUT2D eigenvalue weighted by atomic mass is 16.2. The largest absolute Gasteiger partial charge is 0.317 e. The molecule has 0 spiro atoms. The van der Waals surface area contributed by atoms with Crippen LogP contribution in [-0.4, -0.2) is 16.8 Å². The number of hydrazine groups is 1. The van der Waals surface area contributed by atoms with Gasteiger partial charge in [-0.1, -0.05) is 51.1 Å². The van der Waals surface area contributed by atoms with Crippen LogP contribution in [0.15, 0.2) is 59.4 Å². The Balaban J connectivity index is 1.70. The number of rotatable bonds is 2. The van der Waals surface area contributed by atoms with Gasteiger partial charge in [-0.3, -0.25) is 25.2 Å². The Labute approximate surface area is 156 Å². The minimum Gasteiger partial charge on any atom is -0.317 e. The third kappa shape index (κ3) is 4.06. The molecule has 6 heteroatoms. The molecule has 2 aromatic carbocycles. The van der Waals surface area contributed by atoms with E-state index < -0.39 is 11.8 Å². The van der Waals surface area contributed by atoms with Gasteiger partial charge in [0.05, 0.1) is 0 Å². The van der Waals surface area contributed by atoms with Gasteiger partial charge in [-0.15, -0.1) is 0 Å². The summed E-state index contributed by atoms with van der Waals surface area (Å²) in [6, 6.07) is 15.7. The molecule has 27 heavy (non-hydrogen) atoms. The minimum atomic E-state index is -0.600. The minimum absolute atomic E-state index is 0.00875. The van der Waals surface area contributed by atoms with Crippen molar-refractivity contribution in [3.8, 4) is 0 Å². The SMILES string of the molecule is CC(C)(C)c1ccc(C(=O)NNC(=O)c2cc3ccccc3c(=O)[nH]2)cc1. The van der Waals surface area contributed by atoms with Crippen LogP contribution in [0.1, 0.15) is 47.2 Å². The lowest BCUT2D eigenvalue weighted by Crippen LogP contribution is -2.42. The van der Waals surface area contributed by atoms with E-state index >= 15 is 0 Å². The first kappa shape index (κ1) is 18.4. The molecule has 0 saturated heterocycles. The van der Waals surface area contributed by atoms with E-state index in [4.69, 9.17) is 0 Å². The van der Waals surface area contributed by atoms with Crippen LogP contribution in [0.4, 0.5) is 0 Å². The third-order valence-corrected chi connectivity index (χ3v) is 4.30. The average molecular weight is 363 g/mol. The summed E-state index contributed by atoms with van der Waals surface area (Å²) in [6.07, 6.45) is 0. The van der Waals surface area contributed by atoms with Crippen LogP contribution in [-0.2, 0) is 5.41 Å². The molecule has 2 amide bonds. The van der Waals surface area contributed by atoms with E-state index in [1.165, 1.54) is 0 Å². The number of hydrogen-bond donors (Lipinski definition) is 3. The first-order chi connectivity index (χ1) is 12.8. The predicted molar refractivity (Wildman–Crippen MR) is 105 cm³/mol. The van der Waals surface area contributed by atoms with Crippen molar-refractivity contribution < 1.29 is 9.59 Å². The van der Waals surface area contributed by atoms with Crippen molar-refractivity contribution in [2.45, 2.75) is 26.2 Å². The third-order valence-electron chi connectivity index (χ3n) is 4.30. The molecule has 1 aromatic heterocycles. The lowest BCUT2D eigenvalue weighted by atomic mass is 9.87. The standard InChI is InChI=1S/C21H21N3O3/c1-21(2,3)15-10-8-13(9-11-15)18(25)23-24-20(27)17-12-14-6-4-5-7-16(14)19(26)22-17/h4-12H,1-3H3,(H,22,26)(H,23,25)(H,24,27). The summed E-state index contributed by atoms with van der Waals surface area (Å²) in [6.45, 7) is 6.27. The van der Waals surface area contributed by atoms with Crippen LogP contribution in [0.25, 0.3) is 10.8 Å². The van der Waals surface area contributed by atoms with Gasteiger partial charge in [-0.2, -0.15) is 0 Å². The first-order valence-corrected chi connectivity index (χ1v) is 8.59. The molecule has 0 aliphatic carbocycles. The van der Waals surface area contributed by atoms with Crippen LogP contribution in [0.5, 0.6) is 0 Å². The van der Waals surface area contributed by atoms with E-state index in [9.17, 15) is 14.4 Å². The molecule has 0 fully saturated rings. The highest BCUT2D eigenvalue weighted by Crippen LogP contribution is 2.22. The molecule has 3 rings (SSSR count). The molecule has 0 aliphatic rings. The first-order valence-electron chi connectivity index (χ1n) is 8.59. The molecule has 0 saturated carbocycles. The zero-order valence-corrected chi connectivity index (χ0v) is 15.4. The summed E-state index contributed by atoms with van der Waals surface area (Å²) in [5.41, 5.74) is 5.93. The van der Waals surface area contributed by atoms with Gasteiger partial charge in [0.15, 0.2) is 0 Å². The smallest absolute Gasteiger partial charge is 0.286 e. The van der Waals surface area contributed by atoms with Gasteiger partial charge in [0.25, 0.3) is 17.4 Å². The van der Waals surface area contributed by atoms with Crippen LogP contribution < -0.4 is 16.4 Å². The predicted octanol–water partition coefficient (Wildman–Crippen LogP) is 2.90. The summed E-state index contributed by atoms with van der Waals surface area (Å²) < 4.78 is 0. The van der Waals surface area contributed by atoms with Gasteiger partial charge >= 0.3 is 0 Å². The number of carbonyl (C=O) groups is 2. The normalized spacial score (nSPS) is 11.2. The Morgan fingerprint density at radius 1 is 0.889 bits per heavy atom. The molecule has 0 unspecified atom stereocenters. The fraction of sp³-hybridized carbons (Fsp3) is 0.190. The molecule has 0 aliphatic heterocycles. The van der Waals surface area contributed by atoms with E-state index in [1.807, 2.05) is 12.1 Å². The number of H-pyrrole nitrogens is 1. The van der Waals surface area contributed by atoms with Crippen LogP contribution in [0.2, 0.25) is 0 Å². The van der Waals surface area contributed by atoms with Gasteiger partial charge in [0, 0.05) is 10.9 Å². The van der Waals surface area contributed by atoms with Gasteiger partial charge in [-0.25, -0.2) is 0 Å². The Morgan fingerprint density at radius 3 is 2.19 bits per heavy atom. The summed E-state index contributed by atoms with van der Waals surface area (Å²) in [5, 5.41) is 1.15. The van der Waals surface area contributed by atoms with Crippen molar-refractivity contribution >= 4 is 22.6 Å². The number of nitrogens with one attached hydrogen (secondary N) is 3. The van der Waals surface area contributed by atoms with Crippen molar-refractivity contribution in [3.63, 3.8) is 0 Å². The molecular weight excluding hydrogens is 342 g/mol. The van der Waals surface area contributed by atoms with Crippen molar-refractivity contribution in [1.82, 2.24) is 15.8 Å².